The number of thiol groups is 1. The van der Waals surface area contributed by atoms with Gasteiger partial charge in [0, 0.05) is 13.2 Å². The molecule has 0 spiro atoms. The Kier molecular flexibility index (Phi) is 5.06. The van der Waals surface area contributed by atoms with Gasteiger partial charge in [-0.25, -0.2) is 9.10 Å². The standard InChI is InChI=1S/C6H14N2O2S/c1-5(2)7-6(9)8(11)4-10-3/h5,11H,4H2,1-3H3,(H,7,9). The summed E-state index contributed by atoms with van der Waals surface area (Å²) < 4.78 is 5.86. The van der Waals surface area contributed by atoms with Crippen molar-refractivity contribution in [3.05, 3.63) is 0 Å². The topological polar surface area (TPSA) is 41.6 Å². The predicted molar refractivity (Wildman–Crippen MR) is 46.4 cm³/mol. The van der Waals surface area contributed by atoms with E-state index in [1.54, 1.807) is 0 Å². The first kappa shape index (κ1) is 10.6. The summed E-state index contributed by atoms with van der Waals surface area (Å²) in [7, 11) is 1.51. The van der Waals surface area contributed by atoms with E-state index in [0.29, 0.717) is 0 Å². The van der Waals surface area contributed by atoms with Crippen LogP contribution < -0.4 is 5.32 Å². The maximum atomic E-state index is 11.0. The maximum Gasteiger partial charge on any atom is 0.329 e. The van der Waals surface area contributed by atoms with Crippen LogP contribution in [0.15, 0.2) is 0 Å². The van der Waals surface area contributed by atoms with E-state index in [9.17, 15) is 4.79 Å². The van der Waals surface area contributed by atoms with Crippen LogP contribution in [0.1, 0.15) is 13.8 Å². The fourth-order valence-corrected chi connectivity index (χ4v) is 0.676. The number of amides is 2. The van der Waals surface area contributed by atoms with Gasteiger partial charge < -0.3 is 10.1 Å². The van der Waals surface area contributed by atoms with Gasteiger partial charge in [0.2, 0.25) is 0 Å². The first-order valence-corrected chi connectivity index (χ1v) is 3.73. The third-order valence-corrected chi connectivity index (χ3v) is 1.20. The molecule has 0 unspecified atom stereocenters. The number of carbonyl (C=O) groups is 1. The van der Waals surface area contributed by atoms with Crippen molar-refractivity contribution < 1.29 is 9.53 Å². The molecule has 0 bridgehead atoms. The van der Waals surface area contributed by atoms with Crippen LogP contribution in [0.3, 0.4) is 0 Å². The average Bonchev–Trinajstić information content (AvgIpc) is 1.86. The van der Waals surface area contributed by atoms with E-state index in [-0.39, 0.29) is 18.8 Å². The van der Waals surface area contributed by atoms with Crippen LogP contribution in [0.2, 0.25) is 0 Å². The summed E-state index contributed by atoms with van der Waals surface area (Å²) in [5.41, 5.74) is 0. The average molecular weight is 178 g/mol. The second-order valence-electron chi connectivity index (χ2n) is 2.42. The Hall–Kier alpha value is -0.420. The molecule has 0 saturated carbocycles. The van der Waals surface area contributed by atoms with Gasteiger partial charge in [0.05, 0.1) is 0 Å². The molecule has 0 aromatic rings. The lowest BCUT2D eigenvalue weighted by Gasteiger charge is -2.16. The van der Waals surface area contributed by atoms with Crippen molar-refractivity contribution in [2.75, 3.05) is 13.8 Å². The van der Waals surface area contributed by atoms with Gasteiger partial charge in [0.1, 0.15) is 6.73 Å². The van der Waals surface area contributed by atoms with Crippen molar-refractivity contribution in [3.63, 3.8) is 0 Å². The Morgan fingerprint density at radius 1 is 1.73 bits per heavy atom. The van der Waals surface area contributed by atoms with Gasteiger partial charge in [0.25, 0.3) is 0 Å². The minimum atomic E-state index is -0.245. The van der Waals surface area contributed by atoms with Gasteiger partial charge in [-0.15, -0.1) is 0 Å². The number of hydrogen-bond donors (Lipinski definition) is 2. The summed E-state index contributed by atoms with van der Waals surface area (Å²) in [6, 6.07) is -0.126. The molecule has 0 radical (unpaired) electrons. The van der Waals surface area contributed by atoms with Crippen LogP contribution in [0.4, 0.5) is 4.79 Å². The van der Waals surface area contributed by atoms with E-state index in [1.165, 1.54) is 11.4 Å². The highest BCUT2D eigenvalue weighted by Gasteiger charge is 2.08. The second-order valence-corrected chi connectivity index (χ2v) is 2.90. The molecule has 0 aliphatic rings. The van der Waals surface area contributed by atoms with Crippen molar-refractivity contribution in [2.45, 2.75) is 19.9 Å². The fraction of sp³-hybridized carbons (Fsp3) is 0.833. The zero-order chi connectivity index (χ0) is 8.85. The Labute approximate surface area is 72.4 Å². The Morgan fingerprint density at radius 2 is 2.27 bits per heavy atom. The first-order valence-electron chi connectivity index (χ1n) is 3.33. The minimum absolute atomic E-state index is 0.119. The number of nitrogens with zero attached hydrogens (tertiary/aromatic N) is 1. The smallest absolute Gasteiger partial charge is 0.329 e. The summed E-state index contributed by atoms with van der Waals surface area (Å²) in [6.45, 7) is 3.94. The molecule has 2 amide bonds. The minimum Gasteiger partial charge on any atom is -0.363 e. The Morgan fingerprint density at radius 3 is 2.64 bits per heavy atom. The largest absolute Gasteiger partial charge is 0.363 e. The van der Waals surface area contributed by atoms with Gasteiger partial charge in [0.15, 0.2) is 0 Å². The molecule has 0 aromatic carbocycles. The molecular formula is C6H14N2O2S. The highest BCUT2D eigenvalue weighted by molar-refractivity contribution is 7.78. The normalized spacial score (nSPS) is 9.91. The number of hydrogen-bond acceptors (Lipinski definition) is 3. The highest BCUT2D eigenvalue weighted by atomic mass is 32.1. The summed E-state index contributed by atoms with van der Waals surface area (Å²) in [5, 5.41) is 2.66. The Balaban J connectivity index is 3.64. The number of carbonyl (C=O) groups excluding carboxylic acids is 1. The van der Waals surface area contributed by atoms with Crippen LogP contribution in [-0.2, 0) is 4.74 Å². The van der Waals surface area contributed by atoms with Crippen molar-refractivity contribution in [1.29, 1.82) is 0 Å². The quantitative estimate of drug-likeness (QED) is 0.497. The van der Waals surface area contributed by atoms with Crippen LogP contribution in [-0.4, -0.2) is 30.2 Å². The summed E-state index contributed by atoms with van der Waals surface area (Å²) in [4.78, 5) is 11.0. The van der Waals surface area contributed by atoms with Crippen LogP contribution >= 0.6 is 12.8 Å². The number of rotatable bonds is 3. The zero-order valence-corrected chi connectivity index (χ0v) is 7.89. The van der Waals surface area contributed by atoms with E-state index in [0.717, 1.165) is 0 Å². The third-order valence-electron chi connectivity index (χ3n) is 0.898. The van der Waals surface area contributed by atoms with Gasteiger partial charge in [-0.3, -0.25) is 0 Å². The molecule has 0 aliphatic heterocycles. The molecule has 0 fully saturated rings. The molecule has 0 aliphatic carbocycles. The fourth-order valence-electron chi connectivity index (χ4n) is 0.502. The molecule has 1 N–H and O–H groups in total. The summed E-state index contributed by atoms with van der Waals surface area (Å²) in [5.74, 6) is 0. The van der Waals surface area contributed by atoms with Gasteiger partial charge in [-0.1, -0.05) is 12.8 Å². The predicted octanol–water partition coefficient (Wildman–Crippen LogP) is 0.855. The lowest BCUT2D eigenvalue weighted by molar-refractivity contribution is 0.131. The molecule has 5 heteroatoms. The van der Waals surface area contributed by atoms with E-state index >= 15 is 0 Å². The summed E-state index contributed by atoms with van der Waals surface area (Å²) >= 11 is 3.88. The molecule has 0 aromatic heterocycles. The molecular weight excluding hydrogens is 164 g/mol. The van der Waals surface area contributed by atoms with E-state index in [1.807, 2.05) is 13.8 Å². The SMILES string of the molecule is COCN(S)C(=O)NC(C)C. The number of methoxy groups -OCH3 is 1. The summed E-state index contributed by atoms with van der Waals surface area (Å²) in [6.07, 6.45) is 0. The lowest BCUT2D eigenvalue weighted by atomic mass is 10.4. The highest BCUT2D eigenvalue weighted by Crippen LogP contribution is 1.94. The van der Waals surface area contributed by atoms with Gasteiger partial charge >= 0.3 is 6.03 Å². The van der Waals surface area contributed by atoms with Crippen LogP contribution in [0.25, 0.3) is 0 Å². The zero-order valence-electron chi connectivity index (χ0n) is 7.00. The molecule has 11 heavy (non-hydrogen) atoms. The van der Waals surface area contributed by atoms with Crippen molar-refractivity contribution in [2.24, 2.45) is 0 Å². The Bertz CT molecular complexity index is 130. The van der Waals surface area contributed by atoms with Gasteiger partial charge in [-0.05, 0) is 13.8 Å². The van der Waals surface area contributed by atoms with Crippen molar-refractivity contribution in [3.8, 4) is 0 Å². The van der Waals surface area contributed by atoms with E-state index in [2.05, 4.69) is 18.1 Å². The molecule has 0 heterocycles. The van der Waals surface area contributed by atoms with Crippen LogP contribution in [0, 0.1) is 0 Å². The third kappa shape index (κ3) is 4.92. The molecule has 4 nitrogen and oxygen atoms in total. The van der Waals surface area contributed by atoms with Crippen molar-refractivity contribution in [1.82, 2.24) is 9.62 Å². The molecule has 0 atom stereocenters. The molecule has 66 valence electrons. The molecule has 0 saturated heterocycles. The lowest BCUT2D eigenvalue weighted by Crippen LogP contribution is -2.38. The van der Waals surface area contributed by atoms with Crippen LogP contribution in [0.5, 0.6) is 0 Å². The van der Waals surface area contributed by atoms with E-state index in [4.69, 9.17) is 4.74 Å². The number of nitrogens with one attached hydrogen (secondary N) is 1. The molecule has 0 rings (SSSR count). The second kappa shape index (κ2) is 5.26. The first-order chi connectivity index (χ1) is 5.07. The number of ether oxygens (including phenoxy) is 1. The van der Waals surface area contributed by atoms with E-state index < -0.39 is 0 Å². The number of urea groups is 1. The monoisotopic (exact) mass is 178 g/mol. The van der Waals surface area contributed by atoms with Crippen molar-refractivity contribution >= 4 is 18.8 Å². The van der Waals surface area contributed by atoms with Gasteiger partial charge in [-0.2, -0.15) is 0 Å². The maximum absolute atomic E-state index is 11.0.